The number of fused-ring (bicyclic) bond motifs is 4. The molecule has 0 radical (unpaired) electrons. The molecule has 2 heterocycles. The summed E-state index contributed by atoms with van der Waals surface area (Å²) in [6, 6.07) is 8.23. The van der Waals surface area contributed by atoms with Crippen LogP contribution in [-0.2, 0) is 8.87 Å². The zero-order chi connectivity index (χ0) is 17.6. The number of hydrogen-bond donors (Lipinski definition) is 3. The summed E-state index contributed by atoms with van der Waals surface area (Å²) >= 11 is 3.89. The summed E-state index contributed by atoms with van der Waals surface area (Å²) in [5, 5.41) is 15.1. The first kappa shape index (κ1) is 17.3. The standard InChI is InChI=1S/C19H24N2O2S2/c1-3-11-13(10-15(22)20-2)19(24-8-9-25-19)18-16(17(11)23)12-6-4-5-7-14(12)21-18/h4-7,11,13,17,21,23H,3,8-10H2,1-2H3,(H,20,22)/t11-,13-,17?/m0/s1. The van der Waals surface area contributed by atoms with E-state index in [9.17, 15) is 9.90 Å². The van der Waals surface area contributed by atoms with Crippen LogP contribution in [0, 0.1) is 11.8 Å². The maximum absolute atomic E-state index is 12.3. The van der Waals surface area contributed by atoms with Gasteiger partial charge in [0.15, 0.2) is 0 Å². The molecule has 2 aromatic rings. The second kappa shape index (κ2) is 6.56. The fourth-order valence-corrected chi connectivity index (χ4v) is 8.19. The first-order chi connectivity index (χ1) is 12.1. The summed E-state index contributed by atoms with van der Waals surface area (Å²) in [6.07, 6.45) is 0.796. The van der Waals surface area contributed by atoms with E-state index < -0.39 is 6.10 Å². The zero-order valence-corrected chi connectivity index (χ0v) is 16.2. The molecule has 1 aromatic heterocycles. The van der Waals surface area contributed by atoms with Crippen molar-refractivity contribution in [1.29, 1.82) is 0 Å². The fourth-order valence-electron chi connectivity index (χ4n) is 4.53. The Labute approximate surface area is 156 Å². The van der Waals surface area contributed by atoms with E-state index in [1.165, 1.54) is 0 Å². The van der Waals surface area contributed by atoms with Gasteiger partial charge in [-0.25, -0.2) is 0 Å². The second-order valence-corrected chi connectivity index (χ2v) is 9.76. The van der Waals surface area contributed by atoms with Gasteiger partial charge in [-0.05, 0) is 12.0 Å². The van der Waals surface area contributed by atoms with E-state index in [2.05, 4.69) is 29.4 Å². The lowest BCUT2D eigenvalue weighted by Crippen LogP contribution is -2.43. The maximum atomic E-state index is 12.3. The number of amides is 1. The van der Waals surface area contributed by atoms with Crippen LogP contribution in [0.2, 0.25) is 0 Å². The van der Waals surface area contributed by atoms with E-state index in [0.29, 0.717) is 6.42 Å². The van der Waals surface area contributed by atoms with Gasteiger partial charge >= 0.3 is 0 Å². The molecule has 1 aliphatic carbocycles. The first-order valence-electron chi connectivity index (χ1n) is 8.90. The number of benzene rings is 1. The number of carbonyl (C=O) groups excluding carboxylic acids is 1. The van der Waals surface area contributed by atoms with Crippen LogP contribution in [0.1, 0.15) is 37.1 Å². The molecule has 0 bridgehead atoms. The molecule has 2 aliphatic rings. The number of para-hydroxylation sites is 1. The van der Waals surface area contributed by atoms with Crippen molar-refractivity contribution in [1.82, 2.24) is 10.3 Å². The number of thioether (sulfide) groups is 2. The highest BCUT2D eigenvalue weighted by Gasteiger charge is 2.56. The van der Waals surface area contributed by atoms with Crippen LogP contribution in [-0.4, -0.2) is 34.6 Å². The summed E-state index contributed by atoms with van der Waals surface area (Å²) in [5.41, 5.74) is 3.26. The third-order valence-corrected chi connectivity index (χ3v) is 9.33. The van der Waals surface area contributed by atoms with Gasteiger partial charge in [0, 0.05) is 53.1 Å². The molecule has 1 unspecified atom stereocenters. The fraction of sp³-hybridized carbons (Fsp3) is 0.526. The SMILES string of the molecule is CC[C@@H]1C(O)c2c([nH]c3ccccc23)C2(SCCS2)[C@H]1CC(=O)NC. The van der Waals surface area contributed by atoms with Crippen LogP contribution >= 0.6 is 23.5 Å². The number of hydrogen-bond acceptors (Lipinski definition) is 4. The molecular weight excluding hydrogens is 352 g/mol. The lowest BCUT2D eigenvalue weighted by atomic mass is 9.72. The highest BCUT2D eigenvalue weighted by atomic mass is 32.2. The quantitative estimate of drug-likeness (QED) is 0.765. The molecule has 1 aliphatic heterocycles. The molecule has 1 aromatic carbocycles. The van der Waals surface area contributed by atoms with Crippen molar-refractivity contribution < 1.29 is 9.90 Å². The number of rotatable bonds is 3. The van der Waals surface area contributed by atoms with Crippen molar-refractivity contribution >= 4 is 40.3 Å². The molecule has 0 saturated carbocycles. The Balaban J connectivity index is 1.93. The molecule has 134 valence electrons. The van der Waals surface area contributed by atoms with E-state index >= 15 is 0 Å². The van der Waals surface area contributed by atoms with Crippen LogP contribution in [0.3, 0.4) is 0 Å². The van der Waals surface area contributed by atoms with E-state index in [4.69, 9.17) is 0 Å². The smallest absolute Gasteiger partial charge is 0.220 e. The number of carbonyl (C=O) groups is 1. The summed E-state index contributed by atoms with van der Waals surface area (Å²) in [5.74, 6) is 2.42. The number of nitrogens with one attached hydrogen (secondary N) is 2. The molecule has 1 spiro atoms. The van der Waals surface area contributed by atoms with Gasteiger partial charge in [-0.3, -0.25) is 4.79 Å². The van der Waals surface area contributed by atoms with Crippen LogP contribution < -0.4 is 5.32 Å². The van der Waals surface area contributed by atoms with Crippen molar-refractivity contribution in [2.75, 3.05) is 18.6 Å². The van der Waals surface area contributed by atoms with Crippen LogP contribution in [0.25, 0.3) is 10.9 Å². The summed E-state index contributed by atoms with van der Waals surface area (Å²) < 4.78 is -0.166. The highest BCUT2D eigenvalue weighted by molar-refractivity contribution is 8.20. The first-order valence-corrected chi connectivity index (χ1v) is 10.9. The van der Waals surface area contributed by atoms with Crippen molar-refractivity contribution in [3.8, 4) is 0 Å². The van der Waals surface area contributed by atoms with Crippen molar-refractivity contribution in [3.63, 3.8) is 0 Å². The molecule has 25 heavy (non-hydrogen) atoms. The van der Waals surface area contributed by atoms with E-state index in [0.717, 1.165) is 40.1 Å². The number of aliphatic hydroxyl groups is 1. The average molecular weight is 377 g/mol. The Kier molecular flexibility index (Phi) is 4.54. The van der Waals surface area contributed by atoms with Crippen molar-refractivity contribution in [2.24, 2.45) is 11.8 Å². The molecule has 3 atom stereocenters. The number of aromatic nitrogens is 1. The van der Waals surface area contributed by atoms with Gasteiger partial charge in [-0.15, -0.1) is 23.5 Å². The summed E-state index contributed by atoms with van der Waals surface area (Å²) in [6.45, 7) is 2.13. The highest BCUT2D eigenvalue weighted by Crippen LogP contribution is 2.65. The van der Waals surface area contributed by atoms with Gasteiger partial charge < -0.3 is 15.4 Å². The predicted octanol–water partition coefficient (Wildman–Crippen LogP) is 3.63. The van der Waals surface area contributed by atoms with Crippen molar-refractivity contribution in [2.45, 2.75) is 29.9 Å². The lowest BCUT2D eigenvalue weighted by molar-refractivity contribution is -0.122. The van der Waals surface area contributed by atoms with Gasteiger partial charge in [0.05, 0.1) is 6.10 Å². The minimum absolute atomic E-state index is 0.0580. The molecule has 4 nitrogen and oxygen atoms in total. The lowest BCUT2D eigenvalue weighted by Gasteiger charge is -2.46. The Morgan fingerprint density at radius 1 is 1.36 bits per heavy atom. The second-order valence-electron chi connectivity index (χ2n) is 6.82. The van der Waals surface area contributed by atoms with Crippen LogP contribution in [0.15, 0.2) is 24.3 Å². The molecule has 1 amide bonds. The average Bonchev–Trinajstić information content (AvgIpc) is 3.25. The Morgan fingerprint density at radius 3 is 2.76 bits per heavy atom. The predicted molar refractivity (Wildman–Crippen MR) is 106 cm³/mol. The normalized spacial score (nSPS) is 27.6. The van der Waals surface area contributed by atoms with Gasteiger partial charge in [0.2, 0.25) is 5.91 Å². The van der Waals surface area contributed by atoms with Gasteiger partial charge in [-0.1, -0.05) is 31.5 Å². The Bertz CT molecular complexity index is 798. The van der Waals surface area contributed by atoms with E-state index in [1.54, 1.807) is 7.05 Å². The van der Waals surface area contributed by atoms with Crippen LogP contribution in [0.5, 0.6) is 0 Å². The van der Waals surface area contributed by atoms with Crippen LogP contribution in [0.4, 0.5) is 0 Å². The largest absolute Gasteiger partial charge is 0.388 e. The molecule has 1 fully saturated rings. The molecule has 4 rings (SSSR count). The molecule has 3 N–H and O–H groups in total. The number of aliphatic hydroxyl groups excluding tert-OH is 1. The van der Waals surface area contributed by atoms with E-state index in [-0.39, 0.29) is 21.8 Å². The number of H-pyrrole nitrogens is 1. The van der Waals surface area contributed by atoms with E-state index in [1.807, 2.05) is 35.7 Å². The topological polar surface area (TPSA) is 65.1 Å². The molecule has 6 heteroatoms. The zero-order valence-electron chi connectivity index (χ0n) is 14.5. The monoisotopic (exact) mass is 376 g/mol. The van der Waals surface area contributed by atoms with Gasteiger partial charge in [0.25, 0.3) is 0 Å². The maximum Gasteiger partial charge on any atom is 0.220 e. The summed E-state index contributed by atoms with van der Waals surface area (Å²) in [7, 11) is 1.69. The third-order valence-electron chi connectivity index (χ3n) is 5.67. The number of aromatic amines is 1. The van der Waals surface area contributed by atoms with Gasteiger partial charge in [0.1, 0.15) is 4.08 Å². The summed E-state index contributed by atoms with van der Waals surface area (Å²) in [4.78, 5) is 15.9. The molecule has 1 saturated heterocycles. The minimum Gasteiger partial charge on any atom is -0.388 e. The molecular formula is C19H24N2O2S2. The van der Waals surface area contributed by atoms with Crippen molar-refractivity contribution in [3.05, 3.63) is 35.5 Å². The Hall–Kier alpha value is -1.11. The minimum atomic E-state index is -0.529. The Morgan fingerprint density at radius 2 is 2.08 bits per heavy atom. The third kappa shape index (κ3) is 2.53. The van der Waals surface area contributed by atoms with Gasteiger partial charge in [-0.2, -0.15) is 0 Å².